The highest BCUT2D eigenvalue weighted by Gasteiger charge is 2.15. The van der Waals surface area contributed by atoms with Crippen LogP contribution >= 0.6 is 0 Å². The molecule has 3 aromatic carbocycles. The normalized spacial score (nSPS) is 11.5. The second-order valence-electron chi connectivity index (χ2n) is 6.47. The minimum Gasteiger partial charge on any atom is -0.489 e. The van der Waals surface area contributed by atoms with E-state index in [2.05, 4.69) is 9.93 Å². The van der Waals surface area contributed by atoms with Gasteiger partial charge in [0.1, 0.15) is 12.4 Å². The van der Waals surface area contributed by atoms with Crippen molar-refractivity contribution in [2.24, 2.45) is 5.10 Å². The Morgan fingerprint density at radius 1 is 0.964 bits per heavy atom. The maximum absolute atomic E-state index is 12.5. The molecule has 0 fully saturated rings. The highest BCUT2D eigenvalue weighted by molar-refractivity contribution is 7.89. The molecule has 0 aliphatic rings. The molecular weight excluding hydrogens is 372 g/mol. The van der Waals surface area contributed by atoms with Gasteiger partial charge in [-0.3, -0.25) is 0 Å². The third-order valence-electron chi connectivity index (χ3n) is 4.13. The molecule has 0 aromatic heterocycles. The third kappa shape index (κ3) is 5.20. The Bertz CT molecular complexity index is 1080. The zero-order valence-electron chi connectivity index (χ0n) is 15.8. The van der Waals surface area contributed by atoms with Crippen molar-refractivity contribution >= 4 is 16.2 Å². The van der Waals surface area contributed by atoms with Gasteiger partial charge in [0.05, 0.1) is 11.1 Å². The first-order chi connectivity index (χ1) is 13.4. The number of sulfonamides is 1. The average molecular weight is 394 g/mol. The van der Waals surface area contributed by atoms with Gasteiger partial charge in [-0.1, -0.05) is 54.6 Å². The maximum Gasteiger partial charge on any atom is 0.276 e. The van der Waals surface area contributed by atoms with E-state index in [4.69, 9.17) is 4.74 Å². The molecule has 0 amide bonds. The second kappa shape index (κ2) is 8.71. The van der Waals surface area contributed by atoms with Gasteiger partial charge in [0, 0.05) is 0 Å². The second-order valence-corrected chi connectivity index (χ2v) is 8.10. The number of hydrogen-bond donors (Lipinski definition) is 1. The Kier molecular flexibility index (Phi) is 6.11. The minimum absolute atomic E-state index is 0.226. The van der Waals surface area contributed by atoms with E-state index >= 15 is 0 Å². The van der Waals surface area contributed by atoms with Crippen LogP contribution in [0.15, 0.2) is 82.8 Å². The molecule has 0 saturated carbocycles. The predicted molar refractivity (Wildman–Crippen MR) is 111 cm³/mol. The van der Waals surface area contributed by atoms with Gasteiger partial charge in [0.25, 0.3) is 10.0 Å². The van der Waals surface area contributed by atoms with Gasteiger partial charge in [-0.25, -0.2) is 4.83 Å². The number of ether oxygens (including phenoxy) is 1. The van der Waals surface area contributed by atoms with Crippen LogP contribution in [0.4, 0.5) is 0 Å². The lowest BCUT2D eigenvalue weighted by Crippen LogP contribution is -2.19. The fourth-order valence-electron chi connectivity index (χ4n) is 2.64. The summed E-state index contributed by atoms with van der Waals surface area (Å²) < 4.78 is 30.7. The number of nitrogens with one attached hydrogen (secondary N) is 1. The molecule has 0 bridgehead atoms. The lowest BCUT2D eigenvalue weighted by atomic mass is 10.2. The van der Waals surface area contributed by atoms with Gasteiger partial charge in [0.15, 0.2) is 0 Å². The minimum atomic E-state index is -3.72. The van der Waals surface area contributed by atoms with Gasteiger partial charge in [-0.2, -0.15) is 13.5 Å². The number of nitrogens with zero attached hydrogens (tertiary/aromatic N) is 1. The van der Waals surface area contributed by atoms with Gasteiger partial charge in [0.2, 0.25) is 0 Å². The molecule has 3 aromatic rings. The number of rotatable bonds is 7. The van der Waals surface area contributed by atoms with Crippen LogP contribution < -0.4 is 9.57 Å². The fourth-order valence-corrected chi connectivity index (χ4v) is 3.76. The molecule has 0 aliphatic carbocycles. The van der Waals surface area contributed by atoms with Crippen molar-refractivity contribution in [2.75, 3.05) is 0 Å². The van der Waals surface area contributed by atoms with Gasteiger partial charge in [-0.05, 0) is 54.3 Å². The Balaban J connectivity index is 1.66. The Hall–Kier alpha value is -3.12. The van der Waals surface area contributed by atoms with Gasteiger partial charge >= 0.3 is 0 Å². The van der Waals surface area contributed by atoms with Crippen molar-refractivity contribution in [3.8, 4) is 5.75 Å². The first-order valence-corrected chi connectivity index (χ1v) is 10.3. The molecule has 0 aliphatic heterocycles. The van der Waals surface area contributed by atoms with E-state index in [-0.39, 0.29) is 4.90 Å². The van der Waals surface area contributed by atoms with Crippen molar-refractivity contribution in [1.82, 2.24) is 4.83 Å². The van der Waals surface area contributed by atoms with Crippen LogP contribution in [0, 0.1) is 13.8 Å². The predicted octanol–water partition coefficient (Wildman–Crippen LogP) is 4.19. The monoisotopic (exact) mass is 394 g/mol. The molecule has 0 heterocycles. The Morgan fingerprint density at radius 3 is 2.54 bits per heavy atom. The molecule has 144 valence electrons. The smallest absolute Gasteiger partial charge is 0.276 e. The van der Waals surface area contributed by atoms with Gasteiger partial charge in [-0.15, -0.1) is 0 Å². The summed E-state index contributed by atoms with van der Waals surface area (Å²) in [4.78, 5) is 2.50. The van der Waals surface area contributed by atoms with Crippen LogP contribution in [0.5, 0.6) is 5.75 Å². The molecular formula is C22H22N2O3S. The molecule has 6 heteroatoms. The number of hydrazone groups is 1. The van der Waals surface area contributed by atoms with E-state index in [9.17, 15) is 8.42 Å². The average Bonchev–Trinajstić information content (AvgIpc) is 2.69. The molecule has 0 radical (unpaired) electrons. The standard InChI is InChI=1S/C22H22N2O3S/c1-17-11-12-18(2)22(13-17)28(25,26)24-23-15-20-9-6-10-21(14-20)27-16-19-7-4-3-5-8-19/h3-15,24H,16H2,1-2H3/b23-15-. The first-order valence-electron chi connectivity index (χ1n) is 8.83. The highest BCUT2D eigenvalue weighted by atomic mass is 32.2. The van der Waals surface area contributed by atoms with Crippen molar-refractivity contribution in [3.05, 3.63) is 95.1 Å². The van der Waals surface area contributed by atoms with E-state index in [1.54, 1.807) is 25.1 Å². The molecule has 1 N–H and O–H groups in total. The zero-order chi connectivity index (χ0) is 20.0. The van der Waals surface area contributed by atoms with Crippen LogP contribution in [-0.2, 0) is 16.6 Å². The fraction of sp³-hybridized carbons (Fsp3) is 0.136. The molecule has 5 nitrogen and oxygen atoms in total. The Labute approximate surface area is 165 Å². The van der Waals surface area contributed by atoms with Crippen LogP contribution in [0.2, 0.25) is 0 Å². The van der Waals surface area contributed by atoms with Crippen LogP contribution in [0.1, 0.15) is 22.3 Å². The van der Waals surface area contributed by atoms with Crippen LogP contribution in [0.3, 0.4) is 0 Å². The maximum atomic E-state index is 12.5. The topological polar surface area (TPSA) is 67.8 Å². The lowest BCUT2D eigenvalue weighted by molar-refractivity contribution is 0.306. The molecule has 28 heavy (non-hydrogen) atoms. The van der Waals surface area contributed by atoms with Crippen molar-refractivity contribution in [1.29, 1.82) is 0 Å². The van der Waals surface area contributed by atoms with E-state index in [0.29, 0.717) is 17.9 Å². The summed E-state index contributed by atoms with van der Waals surface area (Å²) >= 11 is 0. The van der Waals surface area contributed by atoms with Crippen molar-refractivity contribution in [3.63, 3.8) is 0 Å². The summed E-state index contributed by atoms with van der Waals surface area (Å²) in [6.45, 7) is 4.06. The van der Waals surface area contributed by atoms with E-state index in [1.807, 2.05) is 61.5 Å². The van der Waals surface area contributed by atoms with Gasteiger partial charge < -0.3 is 4.74 Å². The SMILES string of the molecule is Cc1ccc(C)c(S(=O)(=O)N/N=C\c2cccc(OCc3ccccc3)c2)c1. The summed E-state index contributed by atoms with van der Waals surface area (Å²) in [5.41, 5.74) is 3.35. The van der Waals surface area contributed by atoms with Crippen LogP contribution in [-0.4, -0.2) is 14.6 Å². The number of hydrogen-bond acceptors (Lipinski definition) is 4. The van der Waals surface area contributed by atoms with E-state index in [0.717, 1.165) is 16.7 Å². The molecule has 0 spiro atoms. The largest absolute Gasteiger partial charge is 0.489 e. The summed E-state index contributed by atoms with van der Waals surface area (Å²) in [6, 6.07) is 22.5. The van der Waals surface area contributed by atoms with Crippen molar-refractivity contribution < 1.29 is 13.2 Å². The Morgan fingerprint density at radius 2 is 1.75 bits per heavy atom. The zero-order valence-corrected chi connectivity index (χ0v) is 16.6. The van der Waals surface area contributed by atoms with Crippen LogP contribution in [0.25, 0.3) is 0 Å². The summed E-state index contributed by atoms with van der Waals surface area (Å²) in [6.07, 6.45) is 1.46. The molecule has 3 rings (SSSR count). The van der Waals surface area contributed by atoms with E-state index in [1.165, 1.54) is 6.21 Å². The molecule has 0 saturated heterocycles. The lowest BCUT2D eigenvalue weighted by Gasteiger charge is -2.08. The quantitative estimate of drug-likeness (QED) is 0.482. The number of benzene rings is 3. The van der Waals surface area contributed by atoms with E-state index < -0.39 is 10.0 Å². The molecule has 0 unspecified atom stereocenters. The summed E-state index contributed by atoms with van der Waals surface area (Å²) in [7, 11) is -3.72. The highest BCUT2D eigenvalue weighted by Crippen LogP contribution is 2.17. The summed E-state index contributed by atoms with van der Waals surface area (Å²) in [5.74, 6) is 0.685. The third-order valence-corrected chi connectivity index (χ3v) is 5.49. The van der Waals surface area contributed by atoms with Crippen molar-refractivity contribution in [2.45, 2.75) is 25.3 Å². The molecule has 0 atom stereocenters. The number of aryl methyl sites for hydroxylation is 2. The first kappa shape index (κ1) is 19.6. The summed E-state index contributed by atoms with van der Waals surface area (Å²) in [5, 5.41) is 3.90.